The summed E-state index contributed by atoms with van der Waals surface area (Å²) in [6.45, 7) is 1.87. The molecule has 0 aliphatic rings. The van der Waals surface area contributed by atoms with Gasteiger partial charge in [0.15, 0.2) is 5.78 Å². The van der Waals surface area contributed by atoms with Crippen molar-refractivity contribution in [3.8, 4) is 0 Å². The van der Waals surface area contributed by atoms with Crippen LogP contribution in [0.5, 0.6) is 0 Å². The summed E-state index contributed by atoms with van der Waals surface area (Å²) in [6.07, 6.45) is 0. The van der Waals surface area contributed by atoms with Gasteiger partial charge in [0.05, 0.1) is 10.6 Å². The molecule has 0 atom stereocenters. The summed E-state index contributed by atoms with van der Waals surface area (Å²) in [5.74, 6) is -0.310. The fourth-order valence-corrected chi connectivity index (χ4v) is 3.71. The molecule has 0 aliphatic carbocycles. The topological polar surface area (TPSA) is 63.2 Å². The van der Waals surface area contributed by atoms with Crippen molar-refractivity contribution < 1.29 is 13.2 Å². The molecule has 0 saturated heterocycles. The molecule has 133 valence electrons. The number of carbonyl (C=O) groups is 1. The number of rotatable bonds is 5. The third-order valence-corrected chi connectivity index (χ3v) is 5.45. The van der Waals surface area contributed by atoms with Gasteiger partial charge >= 0.3 is 0 Å². The number of carbonyl (C=O) groups excluding carboxylic acids is 1. The second kappa shape index (κ2) is 9.04. The fourth-order valence-electron chi connectivity index (χ4n) is 2.46. The molecule has 0 fully saturated rings. The van der Waals surface area contributed by atoms with E-state index in [1.165, 1.54) is 30.3 Å². The van der Waals surface area contributed by atoms with Gasteiger partial charge in [-0.25, -0.2) is 8.42 Å². The van der Waals surface area contributed by atoms with Crippen molar-refractivity contribution in [3.05, 3.63) is 94.5 Å². The van der Waals surface area contributed by atoms with E-state index in [0.29, 0.717) is 10.6 Å². The van der Waals surface area contributed by atoms with Gasteiger partial charge in [-0.15, -0.1) is 0 Å². The number of hydrogen-bond donors (Lipinski definition) is 1. The number of ketones is 1. The molecular weight excluding hydrogens is 393 g/mol. The molecule has 4 nitrogen and oxygen atoms in total. The zero-order valence-corrected chi connectivity index (χ0v) is 18.5. The van der Waals surface area contributed by atoms with Gasteiger partial charge in [-0.05, 0) is 37.3 Å². The van der Waals surface area contributed by atoms with Gasteiger partial charge in [-0.3, -0.25) is 9.52 Å². The number of hydrogen-bond acceptors (Lipinski definition) is 3. The summed E-state index contributed by atoms with van der Waals surface area (Å²) in [6, 6.07) is 19.6. The first-order valence-electron chi connectivity index (χ1n) is 7.85. The van der Waals surface area contributed by atoms with E-state index in [-0.39, 0.29) is 51.5 Å². The summed E-state index contributed by atoms with van der Waals surface area (Å²) < 4.78 is 27.8. The average Bonchev–Trinajstić information content (AvgIpc) is 2.63. The van der Waals surface area contributed by atoms with Gasteiger partial charge < -0.3 is 0 Å². The van der Waals surface area contributed by atoms with Crippen molar-refractivity contribution >= 4 is 62.7 Å². The standard InChI is InChI=1S/C20H16ClNO3S.Na/c1-14-7-10-17(11-8-14)26(24,25)22-19-12-9-16(21)13-18(19)20(23)15-5-3-2-4-6-15;/h2-13,22H,1H3;. The normalized spacial score (nSPS) is 10.7. The van der Waals surface area contributed by atoms with Gasteiger partial charge in [-0.2, -0.15) is 0 Å². The molecule has 0 bridgehead atoms. The van der Waals surface area contributed by atoms with E-state index in [9.17, 15) is 13.2 Å². The van der Waals surface area contributed by atoms with Crippen LogP contribution in [0.2, 0.25) is 5.02 Å². The molecule has 0 aromatic heterocycles. The maximum atomic E-state index is 12.8. The number of benzene rings is 3. The Balaban J connectivity index is 0.00000261. The Labute approximate surface area is 185 Å². The van der Waals surface area contributed by atoms with E-state index < -0.39 is 10.0 Å². The van der Waals surface area contributed by atoms with Crippen LogP contribution in [0, 0.1) is 6.92 Å². The van der Waals surface area contributed by atoms with E-state index in [1.54, 1.807) is 42.5 Å². The van der Waals surface area contributed by atoms with E-state index in [1.807, 2.05) is 6.92 Å². The number of aryl methyl sites for hydroxylation is 1. The Morgan fingerprint density at radius 3 is 2.19 bits per heavy atom. The number of nitrogens with one attached hydrogen (secondary N) is 1. The van der Waals surface area contributed by atoms with E-state index in [2.05, 4.69) is 4.72 Å². The predicted molar refractivity (Wildman–Crippen MR) is 109 cm³/mol. The summed E-state index contributed by atoms with van der Waals surface area (Å²) in [7, 11) is -3.83. The van der Waals surface area contributed by atoms with Crippen LogP contribution < -0.4 is 4.72 Å². The second-order valence-electron chi connectivity index (χ2n) is 5.80. The monoisotopic (exact) mass is 408 g/mol. The molecule has 1 radical (unpaired) electrons. The maximum Gasteiger partial charge on any atom is 0.261 e. The first kappa shape index (κ1) is 21.7. The van der Waals surface area contributed by atoms with Crippen LogP contribution in [-0.4, -0.2) is 43.8 Å². The Morgan fingerprint density at radius 1 is 0.926 bits per heavy atom. The predicted octanol–water partition coefficient (Wildman–Crippen LogP) is 4.30. The Hall–Kier alpha value is -1.63. The molecular formula is C20H16ClNNaO3S. The van der Waals surface area contributed by atoms with Crippen molar-refractivity contribution in [3.63, 3.8) is 0 Å². The second-order valence-corrected chi connectivity index (χ2v) is 7.92. The van der Waals surface area contributed by atoms with Crippen LogP contribution >= 0.6 is 11.6 Å². The van der Waals surface area contributed by atoms with Crippen molar-refractivity contribution in [1.82, 2.24) is 0 Å². The molecule has 1 N–H and O–H groups in total. The van der Waals surface area contributed by atoms with Crippen molar-refractivity contribution in [2.45, 2.75) is 11.8 Å². The molecule has 3 aromatic rings. The molecule has 7 heteroatoms. The SMILES string of the molecule is Cc1ccc(S(=O)(=O)Nc2ccc(Cl)cc2C(=O)c2ccccc2)cc1.[Na]. The van der Waals surface area contributed by atoms with Crippen molar-refractivity contribution in [2.75, 3.05) is 4.72 Å². The Bertz CT molecular complexity index is 1050. The van der Waals surface area contributed by atoms with Crippen LogP contribution in [0.4, 0.5) is 5.69 Å². The largest absolute Gasteiger partial charge is 0.289 e. The van der Waals surface area contributed by atoms with Gasteiger partial charge in [-0.1, -0.05) is 59.6 Å². The van der Waals surface area contributed by atoms with Crippen LogP contribution in [0.1, 0.15) is 21.5 Å². The van der Waals surface area contributed by atoms with Crippen LogP contribution in [0.3, 0.4) is 0 Å². The number of sulfonamides is 1. The minimum Gasteiger partial charge on any atom is -0.289 e. The molecule has 0 unspecified atom stereocenters. The zero-order chi connectivity index (χ0) is 18.7. The van der Waals surface area contributed by atoms with Gasteiger partial charge in [0, 0.05) is 45.7 Å². The first-order chi connectivity index (χ1) is 12.4. The number of halogens is 1. The summed E-state index contributed by atoms with van der Waals surface area (Å²) in [4.78, 5) is 12.9. The van der Waals surface area contributed by atoms with Gasteiger partial charge in [0.25, 0.3) is 10.0 Å². The fraction of sp³-hybridized carbons (Fsp3) is 0.0500. The summed E-state index contributed by atoms with van der Waals surface area (Å²) in [5.41, 5.74) is 1.78. The molecule has 27 heavy (non-hydrogen) atoms. The molecule has 0 heterocycles. The number of anilines is 1. The minimum absolute atomic E-state index is 0. The summed E-state index contributed by atoms with van der Waals surface area (Å²) in [5, 5.41) is 0.350. The quantitative estimate of drug-likeness (QED) is 0.505. The molecule has 0 aliphatic heterocycles. The average molecular weight is 409 g/mol. The molecule has 0 amide bonds. The minimum atomic E-state index is -3.83. The Kier molecular flexibility index (Phi) is 7.25. The van der Waals surface area contributed by atoms with Crippen LogP contribution in [0.15, 0.2) is 77.7 Å². The molecule has 3 aromatic carbocycles. The first-order valence-corrected chi connectivity index (χ1v) is 9.72. The van der Waals surface area contributed by atoms with Gasteiger partial charge in [0.1, 0.15) is 0 Å². The van der Waals surface area contributed by atoms with Crippen LogP contribution in [-0.2, 0) is 10.0 Å². The van der Waals surface area contributed by atoms with E-state index in [0.717, 1.165) is 5.56 Å². The molecule has 3 rings (SSSR count). The van der Waals surface area contributed by atoms with Crippen LogP contribution in [0.25, 0.3) is 0 Å². The van der Waals surface area contributed by atoms with Crippen molar-refractivity contribution in [1.29, 1.82) is 0 Å². The third-order valence-electron chi connectivity index (χ3n) is 3.84. The smallest absolute Gasteiger partial charge is 0.261 e. The van der Waals surface area contributed by atoms with E-state index >= 15 is 0 Å². The van der Waals surface area contributed by atoms with Gasteiger partial charge in [0.2, 0.25) is 0 Å². The third kappa shape index (κ3) is 5.21. The van der Waals surface area contributed by atoms with Crippen molar-refractivity contribution in [2.24, 2.45) is 0 Å². The Morgan fingerprint density at radius 2 is 1.56 bits per heavy atom. The zero-order valence-electron chi connectivity index (χ0n) is 14.9. The maximum absolute atomic E-state index is 12.8. The van der Waals surface area contributed by atoms with E-state index in [4.69, 9.17) is 11.6 Å². The summed E-state index contributed by atoms with van der Waals surface area (Å²) >= 11 is 6.02. The molecule has 0 saturated carbocycles. The molecule has 0 spiro atoms.